The van der Waals surface area contributed by atoms with E-state index in [1.54, 1.807) is 0 Å². The highest BCUT2D eigenvalue weighted by Crippen LogP contribution is 2.55. The van der Waals surface area contributed by atoms with Crippen LogP contribution in [0.2, 0.25) is 5.02 Å². The average molecular weight is 488 g/mol. The van der Waals surface area contributed by atoms with Gasteiger partial charge in [-0.05, 0) is 47.6 Å². The summed E-state index contributed by atoms with van der Waals surface area (Å²) < 4.78 is 0. The van der Waals surface area contributed by atoms with Crippen molar-refractivity contribution in [3.63, 3.8) is 0 Å². The first-order valence-corrected chi connectivity index (χ1v) is 13.1. The molecule has 1 saturated carbocycles. The van der Waals surface area contributed by atoms with Crippen LogP contribution < -0.4 is 5.32 Å². The molecule has 2 atom stereocenters. The number of carbonyl (C=O) groups excluding carboxylic acids is 1. The Hall–Kier alpha value is -2.66. The van der Waals surface area contributed by atoms with Gasteiger partial charge in [0.2, 0.25) is 5.91 Å². The first kappa shape index (κ1) is 24.1. The van der Waals surface area contributed by atoms with Crippen LogP contribution >= 0.6 is 11.6 Å². The number of piperazine rings is 1. The lowest BCUT2D eigenvalue weighted by Gasteiger charge is -2.35. The van der Waals surface area contributed by atoms with Crippen LogP contribution in [0, 0.1) is 5.92 Å². The van der Waals surface area contributed by atoms with E-state index in [9.17, 15) is 4.79 Å². The second kappa shape index (κ2) is 10.9. The van der Waals surface area contributed by atoms with Crippen LogP contribution in [0.25, 0.3) is 0 Å². The lowest BCUT2D eigenvalue weighted by atomic mass is 9.91. The van der Waals surface area contributed by atoms with Gasteiger partial charge in [0.05, 0.1) is 5.41 Å². The molecule has 182 valence electrons. The Morgan fingerprint density at radius 2 is 1.43 bits per heavy atom. The molecular formula is C30H34ClN3O. The molecule has 0 radical (unpaired) electrons. The zero-order chi connectivity index (χ0) is 24.1. The lowest BCUT2D eigenvalue weighted by Crippen LogP contribution is -2.47. The molecule has 3 aromatic rings. The smallest absolute Gasteiger partial charge is 0.231 e. The Morgan fingerprint density at radius 1 is 0.829 bits per heavy atom. The zero-order valence-electron chi connectivity index (χ0n) is 20.2. The molecule has 1 heterocycles. The fourth-order valence-electron chi connectivity index (χ4n) is 5.47. The lowest BCUT2D eigenvalue weighted by molar-refractivity contribution is -0.124. The van der Waals surface area contributed by atoms with E-state index in [0.29, 0.717) is 17.5 Å². The van der Waals surface area contributed by atoms with E-state index in [4.69, 9.17) is 11.6 Å². The molecule has 1 aliphatic carbocycles. The van der Waals surface area contributed by atoms with E-state index in [2.05, 4.69) is 57.6 Å². The number of benzene rings is 3. The van der Waals surface area contributed by atoms with Crippen molar-refractivity contribution in [2.45, 2.75) is 24.8 Å². The molecule has 0 aromatic heterocycles. The van der Waals surface area contributed by atoms with Crippen molar-refractivity contribution in [1.29, 1.82) is 0 Å². The first-order chi connectivity index (χ1) is 17.1. The number of nitrogens with zero attached hydrogens (tertiary/aromatic N) is 2. The third-order valence-electron chi connectivity index (χ3n) is 7.60. The molecule has 1 amide bonds. The van der Waals surface area contributed by atoms with Gasteiger partial charge in [0.25, 0.3) is 0 Å². The van der Waals surface area contributed by atoms with Crippen LogP contribution in [-0.2, 0) is 23.2 Å². The summed E-state index contributed by atoms with van der Waals surface area (Å²) >= 11 is 6.16. The van der Waals surface area contributed by atoms with Crippen molar-refractivity contribution in [3.05, 3.63) is 107 Å². The van der Waals surface area contributed by atoms with Gasteiger partial charge in [-0.25, -0.2) is 0 Å². The number of amides is 1. The topological polar surface area (TPSA) is 35.6 Å². The Balaban J connectivity index is 1.19. The molecule has 2 unspecified atom stereocenters. The third-order valence-corrected chi connectivity index (χ3v) is 7.86. The highest BCUT2D eigenvalue weighted by Gasteiger charge is 2.61. The fraction of sp³-hybridized carbons (Fsp3) is 0.367. The van der Waals surface area contributed by atoms with Crippen LogP contribution in [0.15, 0.2) is 84.9 Å². The van der Waals surface area contributed by atoms with E-state index >= 15 is 0 Å². The highest BCUT2D eigenvalue weighted by molar-refractivity contribution is 6.30. The molecule has 1 N–H and O–H groups in total. The summed E-state index contributed by atoms with van der Waals surface area (Å²) in [7, 11) is 0. The molecule has 5 rings (SSSR count). The first-order valence-electron chi connectivity index (χ1n) is 12.7. The number of hydrogen-bond donors (Lipinski definition) is 1. The van der Waals surface area contributed by atoms with E-state index < -0.39 is 5.41 Å². The van der Waals surface area contributed by atoms with Gasteiger partial charge in [-0.1, -0.05) is 84.4 Å². The molecule has 2 fully saturated rings. The van der Waals surface area contributed by atoms with E-state index in [-0.39, 0.29) is 5.91 Å². The summed E-state index contributed by atoms with van der Waals surface area (Å²) in [5.41, 5.74) is 3.26. The Morgan fingerprint density at radius 3 is 2.09 bits per heavy atom. The van der Waals surface area contributed by atoms with Crippen molar-refractivity contribution in [3.8, 4) is 0 Å². The molecule has 0 spiro atoms. The molecule has 2 aliphatic rings. The van der Waals surface area contributed by atoms with Gasteiger partial charge in [-0.15, -0.1) is 0 Å². The van der Waals surface area contributed by atoms with Crippen LogP contribution in [0.1, 0.15) is 23.1 Å². The summed E-state index contributed by atoms with van der Waals surface area (Å²) in [6, 6.07) is 28.9. The van der Waals surface area contributed by atoms with Gasteiger partial charge in [0.1, 0.15) is 0 Å². The van der Waals surface area contributed by atoms with Gasteiger partial charge in [0, 0.05) is 50.8 Å². The summed E-state index contributed by atoms with van der Waals surface area (Å²) in [4.78, 5) is 18.6. The van der Waals surface area contributed by atoms with Crippen molar-refractivity contribution < 1.29 is 4.79 Å². The van der Waals surface area contributed by atoms with Crippen molar-refractivity contribution in [2.24, 2.45) is 5.92 Å². The molecule has 1 saturated heterocycles. The standard InChI is InChI=1S/C30H34ClN3O/c31-28-13-11-26(12-14-28)30(29(35)32-16-15-24-7-3-1-4-8-24)21-27(30)23-34-19-17-33(18-20-34)22-25-9-5-2-6-10-25/h1-14,27H,15-23H2,(H,32,35). The van der Waals surface area contributed by atoms with Crippen LogP contribution in [-0.4, -0.2) is 55.0 Å². The van der Waals surface area contributed by atoms with E-state index in [1.807, 2.05) is 42.5 Å². The predicted molar refractivity (Wildman–Crippen MR) is 143 cm³/mol. The highest BCUT2D eigenvalue weighted by atomic mass is 35.5. The van der Waals surface area contributed by atoms with Crippen LogP contribution in [0.5, 0.6) is 0 Å². The monoisotopic (exact) mass is 487 g/mol. The predicted octanol–water partition coefficient (Wildman–Crippen LogP) is 4.77. The maximum atomic E-state index is 13.5. The summed E-state index contributed by atoms with van der Waals surface area (Å²) in [6.07, 6.45) is 1.74. The van der Waals surface area contributed by atoms with Crippen molar-refractivity contribution in [1.82, 2.24) is 15.1 Å². The summed E-state index contributed by atoms with van der Waals surface area (Å²) in [6.45, 7) is 6.87. The summed E-state index contributed by atoms with van der Waals surface area (Å²) in [5.74, 6) is 0.490. The minimum absolute atomic E-state index is 0.156. The summed E-state index contributed by atoms with van der Waals surface area (Å²) in [5, 5.41) is 3.96. The number of carbonyl (C=O) groups is 1. The van der Waals surface area contributed by atoms with Gasteiger partial charge in [-0.3, -0.25) is 9.69 Å². The Labute approximate surface area is 213 Å². The third kappa shape index (κ3) is 5.78. The Kier molecular flexibility index (Phi) is 7.52. The van der Waals surface area contributed by atoms with Gasteiger partial charge >= 0.3 is 0 Å². The second-order valence-corrected chi connectivity index (χ2v) is 10.4. The average Bonchev–Trinajstić information content (AvgIpc) is 3.61. The normalized spacial score (nSPS) is 22.6. The molecule has 35 heavy (non-hydrogen) atoms. The molecular weight excluding hydrogens is 454 g/mol. The SMILES string of the molecule is O=C(NCCc1ccccc1)C1(c2ccc(Cl)cc2)CC1CN1CCN(Cc2ccccc2)CC1. The Bertz CT molecular complexity index is 1100. The molecule has 1 aliphatic heterocycles. The molecule has 3 aromatic carbocycles. The largest absolute Gasteiger partial charge is 0.355 e. The number of rotatable bonds is 9. The second-order valence-electron chi connectivity index (χ2n) is 9.93. The minimum Gasteiger partial charge on any atom is -0.355 e. The molecule has 5 heteroatoms. The van der Waals surface area contributed by atoms with Gasteiger partial charge < -0.3 is 10.2 Å². The van der Waals surface area contributed by atoms with Gasteiger partial charge in [0.15, 0.2) is 0 Å². The van der Waals surface area contributed by atoms with Crippen LogP contribution in [0.4, 0.5) is 0 Å². The zero-order valence-corrected chi connectivity index (χ0v) is 21.0. The van der Waals surface area contributed by atoms with E-state index in [1.165, 1.54) is 11.1 Å². The fourth-order valence-corrected chi connectivity index (χ4v) is 5.59. The number of hydrogen-bond acceptors (Lipinski definition) is 3. The maximum absolute atomic E-state index is 13.5. The minimum atomic E-state index is -0.442. The number of halogens is 1. The van der Waals surface area contributed by atoms with Crippen molar-refractivity contribution in [2.75, 3.05) is 39.3 Å². The molecule has 0 bridgehead atoms. The maximum Gasteiger partial charge on any atom is 0.231 e. The van der Waals surface area contributed by atoms with Crippen molar-refractivity contribution >= 4 is 17.5 Å². The van der Waals surface area contributed by atoms with Gasteiger partial charge in [-0.2, -0.15) is 0 Å². The van der Waals surface area contributed by atoms with Crippen LogP contribution in [0.3, 0.4) is 0 Å². The molecule has 4 nitrogen and oxygen atoms in total. The number of nitrogens with one attached hydrogen (secondary N) is 1. The van der Waals surface area contributed by atoms with E-state index in [0.717, 1.165) is 57.7 Å². The quantitative estimate of drug-likeness (QED) is 0.472.